The molecule has 2 heterocycles. The Morgan fingerprint density at radius 1 is 1.47 bits per heavy atom. The van der Waals surface area contributed by atoms with Gasteiger partial charge in [0.1, 0.15) is 0 Å². The van der Waals surface area contributed by atoms with E-state index in [0.717, 1.165) is 16.3 Å². The molecule has 0 aliphatic heterocycles. The van der Waals surface area contributed by atoms with Crippen molar-refractivity contribution in [2.75, 3.05) is 17.7 Å². The highest BCUT2D eigenvalue weighted by molar-refractivity contribution is 7.15. The molecule has 0 amide bonds. The number of hydrogen-bond donors (Lipinski definition) is 1. The molecule has 0 radical (unpaired) electrons. The molecule has 98 valence electrons. The Hall–Kier alpha value is -1.72. The zero-order valence-corrected chi connectivity index (χ0v) is 11.9. The molecule has 4 nitrogen and oxygen atoms in total. The highest BCUT2D eigenvalue weighted by atomic mass is 35.5. The van der Waals surface area contributed by atoms with Crippen molar-refractivity contribution in [3.63, 3.8) is 0 Å². The van der Waals surface area contributed by atoms with Gasteiger partial charge in [-0.1, -0.05) is 11.6 Å². The molecule has 0 atom stereocenters. The lowest BCUT2D eigenvalue weighted by Crippen LogP contribution is -2.18. The van der Waals surface area contributed by atoms with E-state index in [1.165, 1.54) is 0 Å². The molecule has 0 bridgehead atoms. The Morgan fingerprint density at radius 3 is 3.11 bits per heavy atom. The Bertz CT molecular complexity index is 690. The number of imidazole rings is 1. The Labute approximate surface area is 120 Å². The molecule has 0 fully saturated rings. The third-order valence-corrected chi connectivity index (χ3v) is 3.95. The second-order valence-electron chi connectivity index (χ2n) is 4.38. The first kappa shape index (κ1) is 12.3. The summed E-state index contributed by atoms with van der Waals surface area (Å²) in [7, 11) is 1.98. The number of nitrogens with zero attached hydrogens (tertiary/aromatic N) is 3. The van der Waals surface area contributed by atoms with Crippen molar-refractivity contribution in [3.8, 4) is 0 Å². The summed E-state index contributed by atoms with van der Waals surface area (Å²) >= 11 is 7.63. The summed E-state index contributed by atoms with van der Waals surface area (Å²) in [6.45, 7) is 0.693. The largest absolute Gasteiger partial charge is 0.397 e. The smallest absolute Gasteiger partial charge is 0.193 e. The fourth-order valence-corrected chi connectivity index (χ4v) is 2.91. The van der Waals surface area contributed by atoms with Crippen LogP contribution in [0.4, 0.5) is 11.4 Å². The van der Waals surface area contributed by atoms with Gasteiger partial charge < -0.3 is 10.6 Å². The van der Waals surface area contributed by atoms with E-state index in [4.69, 9.17) is 17.3 Å². The third kappa shape index (κ3) is 2.39. The number of fused-ring (bicyclic) bond motifs is 1. The molecule has 6 heteroatoms. The standard InChI is InChI=1S/C13H13ClN4S/c1-17(12-6-9(14)2-3-11(12)15)7-10-8-18-4-5-19-13(18)16-10/h2-6,8H,7,15H2,1H3. The minimum atomic E-state index is 0.682. The fourth-order valence-electron chi connectivity index (χ4n) is 2.03. The number of nitrogen functional groups attached to an aromatic ring is 1. The minimum Gasteiger partial charge on any atom is -0.397 e. The highest BCUT2D eigenvalue weighted by Gasteiger charge is 2.09. The third-order valence-electron chi connectivity index (χ3n) is 2.95. The first-order valence-electron chi connectivity index (χ1n) is 5.81. The zero-order chi connectivity index (χ0) is 13.4. The number of aromatic nitrogens is 2. The molecule has 2 aromatic heterocycles. The highest BCUT2D eigenvalue weighted by Crippen LogP contribution is 2.27. The predicted octanol–water partition coefficient (Wildman–Crippen LogP) is 3.27. The Kier molecular flexibility index (Phi) is 3.08. The SMILES string of the molecule is CN(Cc1cn2ccsc2n1)c1cc(Cl)ccc1N. The van der Waals surface area contributed by atoms with Crippen LogP contribution in [0.1, 0.15) is 5.69 Å². The van der Waals surface area contributed by atoms with Gasteiger partial charge in [0, 0.05) is 29.8 Å². The van der Waals surface area contributed by atoms with Crippen molar-refractivity contribution >= 4 is 39.3 Å². The van der Waals surface area contributed by atoms with Gasteiger partial charge in [0.15, 0.2) is 4.96 Å². The summed E-state index contributed by atoms with van der Waals surface area (Å²) in [5.41, 5.74) is 8.62. The second-order valence-corrected chi connectivity index (χ2v) is 5.69. The van der Waals surface area contributed by atoms with Crippen LogP contribution < -0.4 is 10.6 Å². The summed E-state index contributed by atoms with van der Waals surface area (Å²) in [6, 6.07) is 5.48. The minimum absolute atomic E-state index is 0.682. The first-order valence-corrected chi connectivity index (χ1v) is 7.06. The van der Waals surface area contributed by atoms with Crippen molar-refractivity contribution in [1.29, 1.82) is 0 Å². The van der Waals surface area contributed by atoms with E-state index in [9.17, 15) is 0 Å². The van der Waals surface area contributed by atoms with Gasteiger partial charge in [-0.05, 0) is 18.2 Å². The number of hydrogen-bond acceptors (Lipinski definition) is 4. The molecule has 0 saturated heterocycles. The summed E-state index contributed by atoms with van der Waals surface area (Å²) in [5.74, 6) is 0. The quantitative estimate of drug-likeness (QED) is 0.754. The van der Waals surface area contributed by atoms with Crippen LogP contribution in [0.5, 0.6) is 0 Å². The van der Waals surface area contributed by atoms with Crippen LogP contribution in [-0.4, -0.2) is 16.4 Å². The van der Waals surface area contributed by atoms with Gasteiger partial charge in [0.05, 0.1) is 23.6 Å². The summed E-state index contributed by atoms with van der Waals surface area (Å²) in [4.78, 5) is 7.61. The van der Waals surface area contributed by atoms with Crippen LogP contribution in [0, 0.1) is 0 Å². The summed E-state index contributed by atoms with van der Waals surface area (Å²) in [5, 5.41) is 2.70. The average Bonchev–Trinajstić information content (AvgIpc) is 2.92. The maximum absolute atomic E-state index is 6.01. The average molecular weight is 293 g/mol. The molecule has 3 rings (SSSR count). The lowest BCUT2D eigenvalue weighted by Gasteiger charge is -2.20. The van der Waals surface area contributed by atoms with Crippen molar-refractivity contribution in [1.82, 2.24) is 9.38 Å². The van der Waals surface area contributed by atoms with Crippen LogP contribution in [0.25, 0.3) is 4.96 Å². The first-order chi connectivity index (χ1) is 9.13. The van der Waals surface area contributed by atoms with E-state index in [2.05, 4.69) is 4.98 Å². The second kappa shape index (κ2) is 4.75. The number of benzene rings is 1. The number of rotatable bonds is 3. The van der Waals surface area contributed by atoms with Gasteiger partial charge >= 0.3 is 0 Å². The van der Waals surface area contributed by atoms with Crippen molar-refractivity contribution in [2.24, 2.45) is 0 Å². The molecule has 2 N–H and O–H groups in total. The lowest BCUT2D eigenvalue weighted by molar-refractivity contribution is 0.897. The maximum atomic E-state index is 6.01. The van der Waals surface area contributed by atoms with Crippen LogP contribution in [-0.2, 0) is 6.54 Å². The van der Waals surface area contributed by atoms with Gasteiger partial charge in [-0.15, -0.1) is 11.3 Å². The van der Waals surface area contributed by atoms with E-state index < -0.39 is 0 Å². The van der Waals surface area contributed by atoms with Gasteiger partial charge in [-0.3, -0.25) is 4.40 Å². The molecule has 19 heavy (non-hydrogen) atoms. The zero-order valence-electron chi connectivity index (χ0n) is 10.4. The molecule has 1 aromatic carbocycles. The van der Waals surface area contributed by atoms with Crippen LogP contribution in [0.15, 0.2) is 36.0 Å². The summed E-state index contributed by atoms with van der Waals surface area (Å²) < 4.78 is 2.02. The fraction of sp³-hybridized carbons (Fsp3) is 0.154. The van der Waals surface area contributed by atoms with Gasteiger partial charge in [0.25, 0.3) is 0 Å². The van der Waals surface area contributed by atoms with Crippen molar-refractivity contribution < 1.29 is 0 Å². The van der Waals surface area contributed by atoms with Crippen LogP contribution >= 0.6 is 22.9 Å². The van der Waals surface area contributed by atoms with Crippen molar-refractivity contribution in [3.05, 3.63) is 46.7 Å². The lowest BCUT2D eigenvalue weighted by atomic mass is 10.2. The molecule has 0 aliphatic rings. The normalized spacial score (nSPS) is 11.1. The molecular formula is C13H13ClN4S. The van der Waals surface area contributed by atoms with Gasteiger partial charge in [-0.25, -0.2) is 4.98 Å². The topological polar surface area (TPSA) is 46.6 Å². The van der Waals surface area contributed by atoms with E-state index in [0.29, 0.717) is 17.3 Å². The van der Waals surface area contributed by atoms with Crippen molar-refractivity contribution in [2.45, 2.75) is 6.54 Å². The predicted molar refractivity (Wildman–Crippen MR) is 81.0 cm³/mol. The van der Waals surface area contributed by atoms with E-state index >= 15 is 0 Å². The number of thiazole rings is 1. The van der Waals surface area contributed by atoms with E-state index in [1.807, 2.05) is 46.3 Å². The molecule has 3 aromatic rings. The number of anilines is 2. The summed E-state index contributed by atoms with van der Waals surface area (Å²) in [6.07, 6.45) is 4.04. The molecular weight excluding hydrogens is 280 g/mol. The number of nitrogens with two attached hydrogens (primary N) is 1. The Balaban J connectivity index is 1.86. The molecule has 0 aliphatic carbocycles. The van der Waals surface area contributed by atoms with E-state index in [-0.39, 0.29) is 0 Å². The number of halogens is 1. The van der Waals surface area contributed by atoms with Crippen LogP contribution in [0.3, 0.4) is 0 Å². The molecule has 0 unspecified atom stereocenters. The monoisotopic (exact) mass is 292 g/mol. The van der Waals surface area contributed by atoms with Gasteiger partial charge in [-0.2, -0.15) is 0 Å². The van der Waals surface area contributed by atoms with E-state index in [1.54, 1.807) is 17.4 Å². The molecule has 0 saturated carbocycles. The molecule has 0 spiro atoms. The van der Waals surface area contributed by atoms with Gasteiger partial charge in [0.2, 0.25) is 0 Å². The Morgan fingerprint density at radius 2 is 2.32 bits per heavy atom. The van der Waals surface area contributed by atoms with Crippen LogP contribution in [0.2, 0.25) is 5.02 Å². The maximum Gasteiger partial charge on any atom is 0.193 e.